The molecule has 2 aromatic rings. The van der Waals surface area contributed by atoms with Crippen LogP contribution in [0.1, 0.15) is 11.8 Å². The van der Waals surface area contributed by atoms with E-state index < -0.39 is 54.5 Å². The van der Waals surface area contributed by atoms with Crippen molar-refractivity contribution in [1.82, 2.24) is 20.2 Å². The Morgan fingerprint density at radius 3 is 2.35 bits per heavy atom. The van der Waals surface area contributed by atoms with Gasteiger partial charge in [0, 0.05) is 0 Å². The van der Waals surface area contributed by atoms with E-state index in [0.717, 1.165) is 6.33 Å². The monoisotopic (exact) mass is 507 g/mol. The lowest BCUT2D eigenvalue weighted by Gasteiger charge is -2.19. The number of nitrogens with two attached hydrogens (primary N) is 1. The van der Waals surface area contributed by atoms with Gasteiger partial charge in [0.2, 0.25) is 0 Å². The zero-order chi connectivity index (χ0) is 23.2. The maximum atomic E-state index is 11.8. The maximum absolute atomic E-state index is 11.8. The SMILES string of the molecule is Nc1ncnc2c([C@@H]3O[C@H](COP(=O)(O)OP(=O)(O)OP(=O)(O)O)C(O)[C@@H]3O)[nH]nc12. The number of hydrogen-bond acceptors (Lipinski definition) is 13. The van der Waals surface area contributed by atoms with Crippen LogP contribution in [0.15, 0.2) is 6.33 Å². The molecule has 1 aliphatic rings. The van der Waals surface area contributed by atoms with Crippen LogP contribution >= 0.6 is 23.5 Å². The van der Waals surface area contributed by atoms with Crippen molar-refractivity contribution in [2.45, 2.75) is 24.4 Å². The van der Waals surface area contributed by atoms with Crippen molar-refractivity contribution >= 4 is 40.3 Å². The Kier molecular flexibility index (Phi) is 6.68. The van der Waals surface area contributed by atoms with Gasteiger partial charge in [-0.2, -0.15) is 13.7 Å². The standard InChI is InChI=1S/C10H16N5O13P3/c11-10-6-4(12-2-13-10)5(14-15-6)9-8(17)7(16)3(26-9)1-25-30(21,22)28-31(23,24)27-29(18,19)20/h2-3,7-9,16-17H,1H2,(H,14,15)(H,21,22)(H,23,24)(H2,11,12,13)(H2,18,19,20)/t3-,7?,8+,9+/m1/s1. The van der Waals surface area contributed by atoms with Crippen LogP contribution in [0.2, 0.25) is 0 Å². The molecule has 1 fully saturated rings. The Hall–Kier alpha value is -1.36. The van der Waals surface area contributed by atoms with Gasteiger partial charge in [-0.3, -0.25) is 9.62 Å². The highest BCUT2D eigenvalue weighted by Gasteiger charge is 2.47. The zero-order valence-corrected chi connectivity index (χ0v) is 17.6. The van der Waals surface area contributed by atoms with Crippen LogP contribution in [0, 0.1) is 0 Å². The van der Waals surface area contributed by atoms with Crippen LogP contribution in [0.4, 0.5) is 5.82 Å². The number of rotatable bonds is 8. The lowest BCUT2D eigenvalue weighted by molar-refractivity contribution is -0.0230. The van der Waals surface area contributed by atoms with E-state index in [4.69, 9.17) is 25.2 Å². The number of nitrogens with zero attached hydrogens (tertiary/aromatic N) is 3. The van der Waals surface area contributed by atoms with Gasteiger partial charge in [0.15, 0.2) is 11.3 Å². The van der Waals surface area contributed by atoms with Gasteiger partial charge in [0.1, 0.15) is 36.3 Å². The number of aromatic amines is 1. The third-order valence-electron chi connectivity index (χ3n) is 3.86. The van der Waals surface area contributed by atoms with E-state index in [1.165, 1.54) is 0 Å². The van der Waals surface area contributed by atoms with E-state index in [1.807, 2.05) is 0 Å². The molecule has 3 rings (SSSR count). The van der Waals surface area contributed by atoms with Gasteiger partial charge >= 0.3 is 23.5 Å². The van der Waals surface area contributed by atoms with Crippen molar-refractivity contribution < 1.29 is 61.4 Å². The predicted octanol–water partition coefficient (Wildman–Crippen LogP) is -1.56. The van der Waals surface area contributed by atoms with E-state index in [2.05, 4.69) is 33.3 Å². The quantitative estimate of drug-likeness (QED) is 0.187. The molecule has 0 amide bonds. The maximum Gasteiger partial charge on any atom is 0.490 e. The molecule has 0 saturated carbocycles. The Morgan fingerprint density at radius 2 is 1.71 bits per heavy atom. The molecule has 3 heterocycles. The average molecular weight is 507 g/mol. The molecule has 3 unspecified atom stereocenters. The van der Waals surface area contributed by atoms with Crippen molar-refractivity contribution in [3.63, 3.8) is 0 Å². The summed E-state index contributed by atoms with van der Waals surface area (Å²) in [6.45, 7) is -0.957. The molecular formula is C10H16N5O13P3. The number of aromatic nitrogens is 4. The van der Waals surface area contributed by atoms with Gasteiger partial charge in [-0.15, -0.1) is 0 Å². The minimum Gasteiger partial charge on any atom is -0.387 e. The third-order valence-corrected chi connectivity index (χ3v) is 7.66. The molecule has 0 bridgehead atoms. The van der Waals surface area contributed by atoms with Gasteiger partial charge in [-0.05, 0) is 0 Å². The summed E-state index contributed by atoms with van der Waals surface area (Å²) in [6.07, 6.45) is -4.85. The summed E-state index contributed by atoms with van der Waals surface area (Å²) in [7, 11) is -16.7. The topological polar surface area (TPSA) is 290 Å². The first-order chi connectivity index (χ1) is 14.2. The van der Waals surface area contributed by atoms with Crippen molar-refractivity contribution in [1.29, 1.82) is 0 Å². The van der Waals surface area contributed by atoms with Crippen molar-refractivity contribution in [2.75, 3.05) is 12.3 Å². The first kappa shape index (κ1) is 24.3. The number of nitrogen functional groups attached to an aromatic ring is 1. The van der Waals surface area contributed by atoms with E-state index in [0.29, 0.717) is 0 Å². The number of anilines is 1. The summed E-state index contributed by atoms with van der Waals surface area (Å²) in [6, 6.07) is 0. The largest absolute Gasteiger partial charge is 0.490 e. The van der Waals surface area contributed by atoms with Crippen molar-refractivity contribution in [3.8, 4) is 0 Å². The number of hydrogen-bond donors (Lipinski definition) is 8. The van der Waals surface area contributed by atoms with Crippen LogP contribution in [0.5, 0.6) is 0 Å². The minimum atomic E-state index is -5.70. The first-order valence-corrected chi connectivity index (χ1v) is 12.5. The summed E-state index contributed by atoms with van der Waals surface area (Å²) in [5.41, 5.74) is 6.11. The number of nitrogens with one attached hydrogen (secondary N) is 1. The second kappa shape index (κ2) is 8.53. The Labute approximate surface area is 171 Å². The number of fused-ring (bicyclic) bond motifs is 1. The summed E-state index contributed by atoms with van der Waals surface area (Å²) < 4.78 is 50.7. The third kappa shape index (κ3) is 5.71. The molecule has 1 aliphatic heterocycles. The highest BCUT2D eigenvalue weighted by atomic mass is 31.3. The van der Waals surface area contributed by atoms with Gasteiger partial charge < -0.3 is 40.3 Å². The van der Waals surface area contributed by atoms with Gasteiger partial charge in [0.25, 0.3) is 0 Å². The first-order valence-electron chi connectivity index (χ1n) is 7.93. The van der Waals surface area contributed by atoms with Crippen molar-refractivity contribution in [3.05, 3.63) is 12.0 Å². The molecule has 0 aliphatic carbocycles. The molecule has 21 heteroatoms. The summed E-state index contributed by atoms with van der Waals surface area (Å²) >= 11 is 0. The molecule has 0 radical (unpaired) electrons. The van der Waals surface area contributed by atoms with E-state index in [-0.39, 0.29) is 22.5 Å². The normalized spacial score (nSPS) is 28.5. The molecule has 31 heavy (non-hydrogen) atoms. The lowest BCUT2D eigenvalue weighted by Crippen LogP contribution is -2.33. The molecule has 18 nitrogen and oxygen atoms in total. The number of phosphoric acid groups is 3. The number of phosphoric ester groups is 1. The molecule has 9 N–H and O–H groups in total. The molecule has 6 atom stereocenters. The van der Waals surface area contributed by atoms with E-state index in [9.17, 15) is 28.8 Å². The Bertz CT molecular complexity index is 1100. The highest BCUT2D eigenvalue weighted by molar-refractivity contribution is 7.66. The Morgan fingerprint density at radius 1 is 1.03 bits per heavy atom. The zero-order valence-electron chi connectivity index (χ0n) is 14.9. The van der Waals surface area contributed by atoms with Crippen LogP contribution in [-0.4, -0.2) is 74.9 Å². The fraction of sp³-hybridized carbons (Fsp3) is 0.500. The molecule has 2 aromatic heterocycles. The van der Waals surface area contributed by atoms with Crippen LogP contribution in [0.3, 0.4) is 0 Å². The molecule has 174 valence electrons. The van der Waals surface area contributed by atoms with Gasteiger partial charge in [-0.1, -0.05) is 0 Å². The molecule has 0 spiro atoms. The summed E-state index contributed by atoms with van der Waals surface area (Å²) in [5, 5.41) is 26.8. The fourth-order valence-electron chi connectivity index (χ4n) is 2.66. The van der Waals surface area contributed by atoms with E-state index >= 15 is 0 Å². The van der Waals surface area contributed by atoms with Crippen molar-refractivity contribution in [2.24, 2.45) is 0 Å². The lowest BCUT2D eigenvalue weighted by atomic mass is 10.1. The number of aliphatic hydroxyl groups is 2. The summed E-state index contributed by atoms with van der Waals surface area (Å²) in [4.78, 5) is 43.3. The number of aliphatic hydroxyl groups excluding tert-OH is 2. The Balaban J connectivity index is 1.69. The van der Waals surface area contributed by atoms with Gasteiger partial charge in [-0.25, -0.2) is 23.7 Å². The fourth-order valence-corrected chi connectivity index (χ4v) is 5.69. The predicted molar refractivity (Wildman–Crippen MR) is 95.5 cm³/mol. The van der Waals surface area contributed by atoms with E-state index in [1.54, 1.807) is 0 Å². The number of H-pyrrole nitrogens is 1. The van der Waals surface area contributed by atoms with Gasteiger partial charge in [0.05, 0.1) is 12.3 Å². The van der Waals surface area contributed by atoms with Crippen LogP contribution < -0.4 is 5.73 Å². The van der Waals surface area contributed by atoms with Crippen LogP contribution in [0.25, 0.3) is 11.0 Å². The minimum absolute atomic E-state index is 0.0322. The second-order valence-corrected chi connectivity index (χ2v) is 10.5. The summed E-state index contributed by atoms with van der Waals surface area (Å²) in [5.74, 6) is 0.0322. The van der Waals surface area contributed by atoms with Crippen LogP contribution in [-0.2, 0) is 31.6 Å². The average Bonchev–Trinajstić information content (AvgIpc) is 3.13. The molecular weight excluding hydrogens is 491 g/mol. The highest BCUT2D eigenvalue weighted by Crippen LogP contribution is 2.66. The number of ether oxygens (including phenoxy) is 1. The molecule has 1 saturated heterocycles. The smallest absolute Gasteiger partial charge is 0.387 e. The molecule has 0 aromatic carbocycles. The second-order valence-electron chi connectivity index (χ2n) is 6.06.